The molecule has 146 valence electrons. The molecule has 0 saturated heterocycles. The van der Waals surface area contributed by atoms with E-state index >= 15 is 0 Å². The van der Waals surface area contributed by atoms with Crippen molar-refractivity contribution in [3.05, 3.63) is 60.1 Å². The number of rotatable bonds is 5. The van der Waals surface area contributed by atoms with Crippen LogP contribution in [-0.2, 0) is 0 Å². The van der Waals surface area contributed by atoms with Gasteiger partial charge in [-0.3, -0.25) is 4.98 Å². The number of pyridine rings is 1. The molecule has 2 unspecified atom stereocenters. The number of ether oxygens (including phenoxy) is 2. The third kappa shape index (κ3) is 2.95. The number of imidazole rings is 1. The summed E-state index contributed by atoms with van der Waals surface area (Å²) in [6.07, 6.45) is 5.43. The lowest BCUT2D eigenvalue weighted by molar-refractivity contribution is 0.353. The average molecular weight is 392 g/mol. The fraction of sp³-hybridized carbons (Fsp3) is 0.250. The largest absolute Gasteiger partial charge is 0.480 e. The summed E-state index contributed by atoms with van der Waals surface area (Å²) in [7, 11) is 2.98. The summed E-state index contributed by atoms with van der Waals surface area (Å²) in [5.74, 6) is 0.212. The van der Waals surface area contributed by atoms with Crippen LogP contribution < -0.4 is 9.47 Å². The lowest BCUT2D eigenvalue weighted by atomic mass is 10.1. The Bertz CT molecular complexity index is 1200. The van der Waals surface area contributed by atoms with Gasteiger partial charge in [-0.2, -0.15) is 19.0 Å². The lowest BCUT2D eigenvalue weighted by Gasteiger charge is -2.10. The Morgan fingerprint density at radius 1 is 1.07 bits per heavy atom. The van der Waals surface area contributed by atoms with Gasteiger partial charge in [0.15, 0.2) is 5.65 Å². The van der Waals surface area contributed by atoms with Gasteiger partial charge in [0.05, 0.1) is 31.7 Å². The first-order chi connectivity index (χ1) is 14.2. The zero-order valence-electron chi connectivity index (χ0n) is 15.8. The smallest absolute Gasteiger partial charge is 0.319 e. The summed E-state index contributed by atoms with van der Waals surface area (Å²) < 4.78 is 26.0. The number of halogens is 1. The van der Waals surface area contributed by atoms with E-state index in [0.717, 1.165) is 17.7 Å². The minimum atomic E-state index is -0.536. The maximum absolute atomic E-state index is 14.4. The predicted molar refractivity (Wildman–Crippen MR) is 101 cm³/mol. The molecule has 0 bridgehead atoms. The molecule has 1 saturated carbocycles. The first-order valence-corrected chi connectivity index (χ1v) is 9.10. The van der Waals surface area contributed by atoms with Gasteiger partial charge in [0.1, 0.15) is 0 Å². The molecular formula is C20H17FN6O2. The summed E-state index contributed by atoms with van der Waals surface area (Å²) in [6.45, 7) is 0. The normalized spacial score (nSPS) is 18.0. The maximum Gasteiger partial charge on any atom is 0.319 e. The number of aromatic nitrogens is 6. The van der Waals surface area contributed by atoms with E-state index in [1.54, 1.807) is 12.4 Å². The van der Waals surface area contributed by atoms with Crippen molar-refractivity contribution in [3.63, 3.8) is 0 Å². The number of methoxy groups -OCH3 is 2. The molecule has 4 aromatic rings. The molecule has 0 radical (unpaired) electrons. The standard InChI is InChI=1S/C20H17FN6O2/c1-28-19-14(9-24-20(25-19)29-2)16-8-13(18-23-10-17(21)27(18)26-16)11-7-12(11)15-5-3-4-6-22-15/h3-6,8-12H,7H2,1-2H3. The van der Waals surface area contributed by atoms with Gasteiger partial charge >= 0.3 is 6.01 Å². The Balaban J connectivity index is 1.63. The van der Waals surface area contributed by atoms with Crippen LogP contribution in [-0.4, -0.2) is 43.8 Å². The van der Waals surface area contributed by atoms with Crippen LogP contribution in [0.4, 0.5) is 4.39 Å². The fourth-order valence-corrected chi connectivity index (χ4v) is 3.61. The SMILES string of the molecule is COc1ncc(-c2cc(C3CC3c3ccccn3)c3ncc(F)n3n2)c(OC)n1. The molecule has 5 rings (SSSR count). The van der Waals surface area contributed by atoms with E-state index < -0.39 is 5.95 Å². The third-order valence-electron chi connectivity index (χ3n) is 5.10. The summed E-state index contributed by atoms with van der Waals surface area (Å²) in [5, 5.41) is 4.40. The number of hydrogen-bond acceptors (Lipinski definition) is 7. The van der Waals surface area contributed by atoms with E-state index in [2.05, 4.69) is 25.0 Å². The van der Waals surface area contributed by atoms with Crippen molar-refractivity contribution in [3.8, 4) is 23.1 Å². The Morgan fingerprint density at radius 3 is 2.72 bits per heavy atom. The minimum absolute atomic E-state index is 0.179. The van der Waals surface area contributed by atoms with Crippen LogP contribution in [0.3, 0.4) is 0 Å². The summed E-state index contributed by atoms with van der Waals surface area (Å²) in [5.41, 5.74) is 3.47. The van der Waals surface area contributed by atoms with Crippen molar-refractivity contribution in [2.75, 3.05) is 14.2 Å². The second-order valence-corrected chi connectivity index (χ2v) is 6.78. The van der Waals surface area contributed by atoms with Crippen molar-refractivity contribution in [2.24, 2.45) is 0 Å². The van der Waals surface area contributed by atoms with E-state index in [0.29, 0.717) is 22.8 Å². The fourth-order valence-electron chi connectivity index (χ4n) is 3.61. The molecule has 4 aromatic heterocycles. The predicted octanol–water partition coefficient (Wildman–Crippen LogP) is 3.01. The summed E-state index contributed by atoms with van der Waals surface area (Å²) in [6, 6.07) is 7.96. The van der Waals surface area contributed by atoms with Crippen LogP contribution in [0.15, 0.2) is 42.9 Å². The average Bonchev–Trinajstić information content (AvgIpc) is 3.49. The Hall–Kier alpha value is -3.62. The molecule has 0 aromatic carbocycles. The second-order valence-electron chi connectivity index (χ2n) is 6.78. The van der Waals surface area contributed by atoms with Gasteiger partial charge in [-0.05, 0) is 30.5 Å². The zero-order valence-corrected chi connectivity index (χ0v) is 15.8. The Labute approximate surface area is 165 Å². The highest BCUT2D eigenvalue weighted by atomic mass is 19.1. The monoisotopic (exact) mass is 392 g/mol. The first kappa shape index (κ1) is 17.5. The maximum atomic E-state index is 14.4. The zero-order chi connectivity index (χ0) is 20.0. The van der Waals surface area contributed by atoms with Crippen LogP contribution in [0, 0.1) is 5.95 Å². The van der Waals surface area contributed by atoms with Crippen molar-refractivity contribution >= 4 is 5.65 Å². The third-order valence-corrected chi connectivity index (χ3v) is 5.10. The van der Waals surface area contributed by atoms with Crippen molar-refractivity contribution < 1.29 is 13.9 Å². The van der Waals surface area contributed by atoms with Crippen LogP contribution in [0.1, 0.15) is 29.5 Å². The van der Waals surface area contributed by atoms with Crippen molar-refractivity contribution in [1.82, 2.24) is 29.5 Å². The number of nitrogens with zero attached hydrogens (tertiary/aromatic N) is 6. The topological polar surface area (TPSA) is 87.3 Å². The molecule has 1 fully saturated rings. The van der Waals surface area contributed by atoms with Gasteiger partial charge in [0.25, 0.3) is 0 Å². The molecule has 29 heavy (non-hydrogen) atoms. The molecule has 2 atom stereocenters. The van der Waals surface area contributed by atoms with Gasteiger partial charge < -0.3 is 9.47 Å². The van der Waals surface area contributed by atoms with Gasteiger partial charge in [-0.25, -0.2) is 9.97 Å². The Morgan fingerprint density at radius 2 is 1.97 bits per heavy atom. The summed E-state index contributed by atoms with van der Waals surface area (Å²) >= 11 is 0. The molecule has 4 heterocycles. The molecular weight excluding hydrogens is 375 g/mol. The molecule has 8 nitrogen and oxygen atoms in total. The quantitative estimate of drug-likeness (QED) is 0.516. The van der Waals surface area contributed by atoms with E-state index in [-0.39, 0.29) is 17.8 Å². The Kier molecular flexibility index (Phi) is 4.08. The van der Waals surface area contributed by atoms with Gasteiger partial charge in [-0.15, -0.1) is 0 Å². The molecule has 0 amide bonds. The molecule has 9 heteroatoms. The molecule has 0 N–H and O–H groups in total. The summed E-state index contributed by atoms with van der Waals surface area (Å²) in [4.78, 5) is 17.0. The second kappa shape index (κ2) is 6.77. The van der Waals surface area contributed by atoms with Crippen LogP contribution in [0.25, 0.3) is 16.9 Å². The van der Waals surface area contributed by atoms with Gasteiger partial charge in [0.2, 0.25) is 11.8 Å². The van der Waals surface area contributed by atoms with Crippen LogP contribution >= 0.6 is 0 Å². The van der Waals surface area contributed by atoms with Gasteiger partial charge in [0, 0.05) is 29.6 Å². The van der Waals surface area contributed by atoms with E-state index in [1.165, 1.54) is 24.9 Å². The van der Waals surface area contributed by atoms with Crippen LogP contribution in [0.5, 0.6) is 11.9 Å². The highest BCUT2D eigenvalue weighted by Crippen LogP contribution is 2.55. The molecule has 0 aliphatic heterocycles. The highest BCUT2D eigenvalue weighted by Gasteiger charge is 2.42. The number of hydrogen-bond donors (Lipinski definition) is 0. The first-order valence-electron chi connectivity index (χ1n) is 9.10. The lowest BCUT2D eigenvalue weighted by Crippen LogP contribution is -2.04. The van der Waals surface area contributed by atoms with E-state index in [1.807, 2.05) is 24.3 Å². The molecule has 0 spiro atoms. The van der Waals surface area contributed by atoms with E-state index in [9.17, 15) is 4.39 Å². The van der Waals surface area contributed by atoms with Crippen LogP contribution in [0.2, 0.25) is 0 Å². The van der Waals surface area contributed by atoms with Gasteiger partial charge in [-0.1, -0.05) is 6.07 Å². The van der Waals surface area contributed by atoms with Crippen molar-refractivity contribution in [2.45, 2.75) is 18.3 Å². The number of fused-ring (bicyclic) bond motifs is 1. The minimum Gasteiger partial charge on any atom is -0.480 e. The van der Waals surface area contributed by atoms with Crippen molar-refractivity contribution in [1.29, 1.82) is 0 Å². The van der Waals surface area contributed by atoms with E-state index in [4.69, 9.17) is 9.47 Å². The molecule has 1 aliphatic rings. The molecule has 1 aliphatic carbocycles. The highest BCUT2D eigenvalue weighted by molar-refractivity contribution is 5.68.